The average Bonchev–Trinajstić information content (AvgIpc) is 3.30. The minimum absolute atomic E-state index is 0.00757. The second-order valence-corrected chi connectivity index (χ2v) is 8.60. The maximum Gasteiger partial charge on any atom is 0.358 e. The molecule has 172 valence electrons. The van der Waals surface area contributed by atoms with Crippen molar-refractivity contribution in [2.45, 2.75) is 39.2 Å². The van der Waals surface area contributed by atoms with Crippen molar-refractivity contribution in [3.63, 3.8) is 0 Å². The highest BCUT2D eigenvalue weighted by Gasteiger charge is 2.28. The third-order valence-electron chi connectivity index (χ3n) is 6.07. The van der Waals surface area contributed by atoms with Gasteiger partial charge in [0.25, 0.3) is 5.91 Å². The van der Waals surface area contributed by atoms with Crippen LogP contribution in [0.2, 0.25) is 5.02 Å². The van der Waals surface area contributed by atoms with Crippen molar-refractivity contribution >= 4 is 23.5 Å². The van der Waals surface area contributed by atoms with E-state index in [0.29, 0.717) is 36.0 Å². The number of hydrogen-bond acceptors (Lipinski definition) is 4. The summed E-state index contributed by atoms with van der Waals surface area (Å²) in [7, 11) is 0. The number of nitrogens with zero attached hydrogens (tertiary/aromatic N) is 3. The number of piperidine rings is 1. The zero-order valence-electron chi connectivity index (χ0n) is 19.0. The fraction of sp³-hybridized carbons (Fsp3) is 0.346. The monoisotopic (exact) mass is 465 g/mol. The lowest BCUT2D eigenvalue weighted by Gasteiger charge is -2.33. The van der Waals surface area contributed by atoms with Crippen LogP contribution in [-0.4, -0.2) is 46.3 Å². The number of carbonyl (C=O) groups excluding carboxylic acids is 2. The number of likely N-dealkylation sites (tertiary alicyclic amines) is 1. The van der Waals surface area contributed by atoms with Crippen LogP contribution < -0.4 is 0 Å². The number of rotatable bonds is 6. The molecule has 0 N–H and O–H groups in total. The van der Waals surface area contributed by atoms with Crippen LogP contribution in [0, 0.1) is 0 Å². The van der Waals surface area contributed by atoms with Crippen LogP contribution in [0.4, 0.5) is 0 Å². The minimum atomic E-state index is -0.418. The molecular formula is C26H28ClN3O3. The lowest BCUT2D eigenvalue weighted by Crippen LogP contribution is -2.39. The molecule has 2 heterocycles. The van der Waals surface area contributed by atoms with Gasteiger partial charge >= 0.3 is 5.97 Å². The van der Waals surface area contributed by atoms with E-state index in [1.165, 1.54) is 5.56 Å². The van der Waals surface area contributed by atoms with Crippen molar-refractivity contribution < 1.29 is 14.3 Å². The van der Waals surface area contributed by atoms with Gasteiger partial charge in [-0.3, -0.25) is 9.48 Å². The van der Waals surface area contributed by atoms with Gasteiger partial charge in [-0.1, -0.05) is 42.8 Å². The maximum atomic E-state index is 12.9. The van der Waals surface area contributed by atoms with E-state index in [1.54, 1.807) is 31.2 Å². The van der Waals surface area contributed by atoms with E-state index in [0.717, 1.165) is 30.5 Å². The number of esters is 1. The number of aromatic nitrogens is 2. The third-order valence-corrected chi connectivity index (χ3v) is 6.32. The highest BCUT2D eigenvalue weighted by Crippen LogP contribution is 2.30. The predicted octanol–water partition coefficient (Wildman–Crippen LogP) is 5.42. The third kappa shape index (κ3) is 5.11. The second-order valence-electron chi connectivity index (χ2n) is 8.16. The largest absolute Gasteiger partial charge is 0.461 e. The highest BCUT2D eigenvalue weighted by atomic mass is 35.5. The molecule has 1 saturated heterocycles. The first kappa shape index (κ1) is 23.1. The molecule has 7 heteroatoms. The topological polar surface area (TPSA) is 64.4 Å². The first-order chi connectivity index (χ1) is 16.0. The fourth-order valence-corrected chi connectivity index (χ4v) is 4.32. The molecule has 33 heavy (non-hydrogen) atoms. The lowest BCUT2D eigenvalue weighted by molar-refractivity contribution is 0.0517. The lowest BCUT2D eigenvalue weighted by atomic mass is 10.0. The van der Waals surface area contributed by atoms with Crippen LogP contribution in [0.3, 0.4) is 0 Å². The standard InChI is InChI=1S/C26H28ClN3O3/c1-3-18-5-7-19(8-6-18)24-17-23(26(32)33-4-2)28-30(24)22-13-15-29(16-14-22)25(31)20-9-11-21(27)12-10-20/h5-12,17,22H,3-4,13-16H2,1-2H3. The molecule has 1 fully saturated rings. The normalized spacial score (nSPS) is 14.3. The first-order valence-electron chi connectivity index (χ1n) is 11.4. The Labute approximate surface area is 199 Å². The Kier molecular flexibility index (Phi) is 7.14. The van der Waals surface area contributed by atoms with Gasteiger partial charge in [0.15, 0.2) is 5.69 Å². The minimum Gasteiger partial charge on any atom is -0.461 e. The van der Waals surface area contributed by atoms with Gasteiger partial charge in [0.05, 0.1) is 18.3 Å². The van der Waals surface area contributed by atoms with Crippen LogP contribution >= 0.6 is 11.6 Å². The van der Waals surface area contributed by atoms with Crippen LogP contribution in [0.1, 0.15) is 59.1 Å². The molecule has 2 aromatic carbocycles. The van der Waals surface area contributed by atoms with Crippen molar-refractivity contribution in [2.24, 2.45) is 0 Å². The molecule has 3 aromatic rings. The molecule has 0 spiro atoms. The van der Waals surface area contributed by atoms with E-state index < -0.39 is 5.97 Å². The van der Waals surface area contributed by atoms with E-state index in [9.17, 15) is 9.59 Å². The van der Waals surface area contributed by atoms with Crippen LogP contribution in [0.5, 0.6) is 0 Å². The van der Waals surface area contributed by atoms with Crippen molar-refractivity contribution in [2.75, 3.05) is 19.7 Å². The predicted molar refractivity (Wildman–Crippen MR) is 129 cm³/mol. The number of carbonyl (C=O) groups is 2. The van der Waals surface area contributed by atoms with E-state index in [4.69, 9.17) is 16.3 Å². The van der Waals surface area contributed by atoms with Gasteiger partial charge < -0.3 is 9.64 Å². The Hall–Kier alpha value is -3.12. The molecule has 1 aliphatic heterocycles. The molecule has 0 saturated carbocycles. The number of benzene rings is 2. The van der Waals surface area contributed by atoms with Gasteiger partial charge in [0, 0.05) is 23.7 Å². The van der Waals surface area contributed by atoms with Gasteiger partial charge in [-0.15, -0.1) is 0 Å². The Bertz CT molecular complexity index is 1110. The molecule has 0 radical (unpaired) electrons. The fourth-order valence-electron chi connectivity index (χ4n) is 4.19. The Morgan fingerprint density at radius 1 is 1.03 bits per heavy atom. The quantitative estimate of drug-likeness (QED) is 0.456. The van der Waals surface area contributed by atoms with Crippen LogP contribution in [0.25, 0.3) is 11.3 Å². The van der Waals surface area contributed by atoms with Gasteiger partial charge in [-0.2, -0.15) is 5.10 Å². The van der Waals surface area contributed by atoms with E-state index in [-0.39, 0.29) is 11.9 Å². The maximum absolute atomic E-state index is 12.9. The first-order valence-corrected chi connectivity index (χ1v) is 11.8. The van der Waals surface area contributed by atoms with E-state index in [1.807, 2.05) is 15.6 Å². The van der Waals surface area contributed by atoms with Gasteiger partial charge in [0.2, 0.25) is 0 Å². The molecular weight excluding hydrogens is 438 g/mol. The van der Waals surface area contributed by atoms with Gasteiger partial charge in [-0.05, 0) is 67.6 Å². The summed E-state index contributed by atoms with van der Waals surface area (Å²) < 4.78 is 7.13. The molecule has 1 amide bonds. The molecule has 1 aromatic heterocycles. The van der Waals surface area contributed by atoms with Crippen LogP contribution in [0.15, 0.2) is 54.6 Å². The van der Waals surface area contributed by atoms with Crippen LogP contribution in [-0.2, 0) is 11.2 Å². The second kappa shape index (κ2) is 10.2. The highest BCUT2D eigenvalue weighted by molar-refractivity contribution is 6.30. The van der Waals surface area contributed by atoms with Crippen molar-refractivity contribution in [1.29, 1.82) is 0 Å². The molecule has 0 aliphatic carbocycles. The summed E-state index contributed by atoms with van der Waals surface area (Å²) in [5.41, 5.74) is 4.10. The number of aryl methyl sites for hydroxylation is 1. The molecule has 0 unspecified atom stereocenters. The summed E-state index contributed by atoms with van der Waals surface area (Å²) in [6.45, 7) is 5.45. The smallest absolute Gasteiger partial charge is 0.358 e. The zero-order chi connectivity index (χ0) is 23.4. The van der Waals surface area contributed by atoms with Crippen molar-refractivity contribution in [3.05, 3.63) is 76.4 Å². The van der Waals surface area contributed by atoms with Gasteiger partial charge in [-0.25, -0.2) is 4.79 Å². The zero-order valence-corrected chi connectivity index (χ0v) is 19.7. The van der Waals surface area contributed by atoms with Crippen molar-refractivity contribution in [3.8, 4) is 11.3 Å². The number of ether oxygens (including phenoxy) is 1. The number of hydrogen-bond donors (Lipinski definition) is 0. The summed E-state index contributed by atoms with van der Waals surface area (Å²) in [5.74, 6) is -0.411. The SMILES string of the molecule is CCOC(=O)c1cc(-c2ccc(CC)cc2)n(C2CCN(C(=O)c3ccc(Cl)cc3)CC2)n1. The summed E-state index contributed by atoms with van der Waals surface area (Å²) in [4.78, 5) is 27.1. The number of amides is 1. The average molecular weight is 466 g/mol. The Morgan fingerprint density at radius 3 is 2.30 bits per heavy atom. The Morgan fingerprint density at radius 2 is 1.70 bits per heavy atom. The molecule has 4 rings (SSSR count). The van der Waals surface area contributed by atoms with E-state index in [2.05, 4.69) is 36.3 Å². The van der Waals surface area contributed by atoms with Gasteiger partial charge in [0.1, 0.15) is 0 Å². The summed E-state index contributed by atoms with van der Waals surface area (Å²) in [6.07, 6.45) is 2.47. The number of halogens is 1. The van der Waals surface area contributed by atoms with E-state index >= 15 is 0 Å². The molecule has 0 atom stereocenters. The van der Waals surface area contributed by atoms with Crippen molar-refractivity contribution in [1.82, 2.24) is 14.7 Å². The summed E-state index contributed by atoms with van der Waals surface area (Å²) >= 11 is 5.95. The summed E-state index contributed by atoms with van der Waals surface area (Å²) in [6, 6.07) is 17.2. The molecule has 0 bridgehead atoms. The Balaban J connectivity index is 1.55. The molecule has 6 nitrogen and oxygen atoms in total. The summed E-state index contributed by atoms with van der Waals surface area (Å²) in [5, 5.41) is 5.25. The molecule has 1 aliphatic rings.